The molecule has 2 aliphatic carbocycles. The summed E-state index contributed by atoms with van der Waals surface area (Å²) in [4.78, 5) is 25.0. The summed E-state index contributed by atoms with van der Waals surface area (Å²) in [6.07, 6.45) is 5.44. The summed E-state index contributed by atoms with van der Waals surface area (Å²) >= 11 is 0. The fourth-order valence-electron chi connectivity index (χ4n) is 6.09. The first-order valence-corrected chi connectivity index (χ1v) is 10.9. The van der Waals surface area contributed by atoms with Crippen LogP contribution in [0.25, 0.3) is 0 Å². The highest BCUT2D eigenvalue weighted by molar-refractivity contribution is 6.26. The van der Waals surface area contributed by atoms with Crippen LogP contribution < -0.4 is 5.32 Å². The summed E-state index contributed by atoms with van der Waals surface area (Å²) in [6.45, 7) is 10.1. The van der Waals surface area contributed by atoms with E-state index in [1.54, 1.807) is 6.92 Å². The number of carbonyl (C=O) groups excluding carboxylic acids is 2. The highest BCUT2D eigenvalue weighted by atomic mass is 16.3. The second kappa shape index (κ2) is 8.02. The minimum Gasteiger partial charge on any atom is -0.511 e. The topological polar surface area (TPSA) is 86.6 Å². The summed E-state index contributed by atoms with van der Waals surface area (Å²) in [5.41, 5.74) is 1.17. The molecule has 0 unspecified atom stereocenters. The quantitative estimate of drug-likeness (QED) is 0.297. The van der Waals surface area contributed by atoms with Crippen LogP contribution in [0.3, 0.4) is 0 Å². The summed E-state index contributed by atoms with van der Waals surface area (Å²) in [7, 11) is 0. The Morgan fingerprint density at radius 2 is 1.93 bits per heavy atom. The lowest BCUT2D eigenvalue weighted by molar-refractivity contribution is -0.117. The van der Waals surface area contributed by atoms with Crippen LogP contribution in [-0.2, 0) is 9.59 Å². The van der Waals surface area contributed by atoms with Gasteiger partial charge in [-0.05, 0) is 56.3 Å². The van der Waals surface area contributed by atoms with Crippen molar-refractivity contribution in [2.45, 2.75) is 72.4 Å². The molecule has 156 valence electrons. The van der Waals surface area contributed by atoms with Crippen LogP contribution in [0.5, 0.6) is 0 Å². The van der Waals surface area contributed by atoms with Crippen molar-refractivity contribution in [3.8, 4) is 0 Å². The number of carbonyl (C=O) groups is 2. The summed E-state index contributed by atoms with van der Waals surface area (Å²) < 4.78 is 0. The second-order valence-corrected chi connectivity index (χ2v) is 9.17. The van der Waals surface area contributed by atoms with Crippen LogP contribution in [-0.4, -0.2) is 34.0 Å². The van der Waals surface area contributed by atoms with Crippen molar-refractivity contribution in [1.82, 2.24) is 5.32 Å². The molecule has 8 atom stereocenters. The zero-order valence-electron chi connectivity index (χ0n) is 17.7. The molecule has 28 heavy (non-hydrogen) atoms. The van der Waals surface area contributed by atoms with E-state index in [1.165, 1.54) is 5.57 Å². The molecule has 0 spiro atoms. The van der Waals surface area contributed by atoms with Gasteiger partial charge < -0.3 is 15.5 Å². The Morgan fingerprint density at radius 3 is 2.46 bits per heavy atom. The molecule has 1 saturated heterocycles. The van der Waals surface area contributed by atoms with Gasteiger partial charge in [-0.2, -0.15) is 0 Å². The smallest absolute Gasteiger partial charge is 0.259 e. The van der Waals surface area contributed by atoms with E-state index in [9.17, 15) is 19.8 Å². The van der Waals surface area contributed by atoms with E-state index in [0.29, 0.717) is 0 Å². The summed E-state index contributed by atoms with van der Waals surface area (Å²) in [5, 5.41) is 24.9. The van der Waals surface area contributed by atoms with Crippen LogP contribution in [0.2, 0.25) is 0 Å². The molecule has 0 aromatic rings. The zero-order valence-corrected chi connectivity index (χ0v) is 17.7. The minimum absolute atomic E-state index is 0.0421. The number of fused-ring (bicyclic) bond motifs is 1. The average Bonchev–Trinajstić information content (AvgIpc) is 2.89. The first-order chi connectivity index (χ1) is 13.2. The van der Waals surface area contributed by atoms with E-state index < -0.39 is 18.1 Å². The Bertz CT molecular complexity index is 709. The first kappa shape index (κ1) is 21.1. The molecule has 0 radical (unpaired) electrons. The maximum Gasteiger partial charge on any atom is 0.259 e. The van der Waals surface area contributed by atoms with Gasteiger partial charge in [0.15, 0.2) is 5.78 Å². The highest BCUT2D eigenvalue weighted by Crippen LogP contribution is 2.54. The molecule has 5 heteroatoms. The molecule has 3 aliphatic rings. The van der Waals surface area contributed by atoms with E-state index >= 15 is 0 Å². The predicted octanol–water partition coefficient (Wildman–Crippen LogP) is 3.54. The van der Waals surface area contributed by atoms with Gasteiger partial charge in [-0.15, -0.1) is 0 Å². The SMILES string of the molecule is CCC[C@H]1C(C)=C[C@H]2C[C@@H](C)[C@H](O)[C@@H](CC)[C@H]2[C@@H]1/C(O)=C1/C(=O)N[C@@H](C)C1=O. The van der Waals surface area contributed by atoms with Crippen LogP contribution in [0.1, 0.15) is 60.3 Å². The third-order valence-corrected chi connectivity index (χ3v) is 7.42. The van der Waals surface area contributed by atoms with Gasteiger partial charge in [-0.1, -0.05) is 45.3 Å². The molecule has 5 nitrogen and oxygen atoms in total. The maximum absolute atomic E-state index is 12.6. The standard InChI is InChI=1S/C23H35NO4/c1-6-8-16-11(3)9-14-10-12(4)20(25)15(7-2)17(14)18(16)22(27)19-21(26)13(5)24-23(19)28/h9,12-18,20,25,27H,6-8,10H2,1-5H3,(H,24,28)/b22-19-/t12-,13+,14+,15+,16+,17+,18-,20+/m1/s1. The molecule has 3 rings (SSSR count). The van der Waals surface area contributed by atoms with E-state index in [-0.39, 0.29) is 52.6 Å². The second-order valence-electron chi connectivity index (χ2n) is 9.17. The predicted molar refractivity (Wildman–Crippen MR) is 108 cm³/mol. The number of ketones is 1. The molecular weight excluding hydrogens is 354 g/mol. The number of rotatable bonds is 4. The number of allylic oxidation sites excluding steroid dienone is 3. The van der Waals surface area contributed by atoms with Crippen molar-refractivity contribution in [2.75, 3.05) is 0 Å². The molecule has 1 amide bonds. The number of amides is 1. The minimum atomic E-state index is -0.593. The van der Waals surface area contributed by atoms with Gasteiger partial charge in [0, 0.05) is 5.92 Å². The van der Waals surface area contributed by atoms with Gasteiger partial charge in [0.25, 0.3) is 5.91 Å². The Balaban J connectivity index is 2.15. The number of Topliss-reactive ketones (excluding diaryl/α,β-unsaturated/α-hetero) is 1. The van der Waals surface area contributed by atoms with Gasteiger partial charge in [0.1, 0.15) is 11.3 Å². The number of hydrogen-bond acceptors (Lipinski definition) is 4. The van der Waals surface area contributed by atoms with Crippen molar-refractivity contribution in [2.24, 2.45) is 35.5 Å². The number of aliphatic hydroxyl groups excluding tert-OH is 2. The third kappa shape index (κ3) is 3.32. The van der Waals surface area contributed by atoms with Crippen molar-refractivity contribution in [3.63, 3.8) is 0 Å². The molecule has 3 N–H and O–H groups in total. The van der Waals surface area contributed by atoms with Gasteiger partial charge >= 0.3 is 0 Å². The van der Waals surface area contributed by atoms with E-state index in [1.807, 2.05) is 0 Å². The Labute approximate surface area is 168 Å². The monoisotopic (exact) mass is 389 g/mol. The molecule has 0 aromatic heterocycles. The lowest BCUT2D eigenvalue weighted by atomic mass is 9.54. The molecule has 1 aliphatic heterocycles. The van der Waals surface area contributed by atoms with Crippen molar-refractivity contribution in [3.05, 3.63) is 23.0 Å². The van der Waals surface area contributed by atoms with Crippen LogP contribution in [0.15, 0.2) is 23.0 Å². The van der Waals surface area contributed by atoms with Crippen molar-refractivity contribution >= 4 is 11.7 Å². The highest BCUT2D eigenvalue weighted by Gasteiger charge is 2.51. The Kier molecular flexibility index (Phi) is 6.04. The summed E-state index contributed by atoms with van der Waals surface area (Å²) in [6, 6.07) is -0.593. The molecule has 1 saturated carbocycles. The summed E-state index contributed by atoms with van der Waals surface area (Å²) in [5.74, 6) is -0.505. The molecular formula is C23H35NO4. The van der Waals surface area contributed by atoms with Crippen molar-refractivity contribution < 1.29 is 19.8 Å². The number of nitrogens with one attached hydrogen (secondary N) is 1. The van der Waals surface area contributed by atoms with Crippen LogP contribution in [0, 0.1) is 35.5 Å². The van der Waals surface area contributed by atoms with Crippen molar-refractivity contribution in [1.29, 1.82) is 0 Å². The van der Waals surface area contributed by atoms with E-state index in [0.717, 1.165) is 25.7 Å². The van der Waals surface area contributed by atoms with Gasteiger partial charge in [-0.25, -0.2) is 0 Å². The first-order valence-electron chi connectivity index (χ1n) is 10.9. The third-order valence-electron chi connectivity index (χ3n) is 7.42. The largest absolute Gasteiger partial charge is 0.511 e. The lowest BCUT2D eigenvalue weighted by Crippen LogP contribution is -2.49. The Hall–Kier alpha value is -1.62. The van der Waals surface area contributed by atoms with E-state index in [2.05, 4.69) is 39.1 Å². The average molecular weight is 390 g/mol. The zero-order chi connectivity index (χ0) is 20.7. The Morgan fingerprint density at radius 1 is 1.25 bits per heavy atom. The fraction of sp³-hybridized carbons (Fsp3) is 0.739. The van der Waals surface area contributed by atoms with Gasteiger partial charge in [0.05, 0.1) is 12.1 Å². The van der Waals surface area contributed by atoms with Gasteiger partial charge in [-0.3, -0.25) is 9.59 Å². The number of aliphatic hydroxyl groups is 2. The van der Waals surface area contributed by atoms with Crippen LogP contribution in [0.4, 0.5) is 0 Å². The number of hydrogen-bond donors (Lipinski definition) is 3. The molecule has 2 fully saturated rings. The molecule has 0 aromatic carbocycles. The lowest BCUT2D eigenvalue weighted by Gasteiger charge is -2.51. The van der Waals surface area contributed by atoms with Crippen LogP contribution >= 0.6 is 0 Å². The maximum atomic E-state index is 12.6. The normalized spacial score (nSPS) is 42.7. The molecule has 0 bridgehead atoms. The molecule has 1 heterocycles. The fourth-order valence-corrected chi connectivity index (χ4v) is 6.09. The van der Waals surface area contributed by atoms with E-state index in [4.69, 9.17) is 0 Å². The van der Waals surface area contributed by atoms with Gasteiger partial charge in [0.2, 0.25) is 0 Å².